The summed E-state index contributed by atoms with van der Waals surface area (Å²) in [6.07, 6.45) is 2.88. The van der Waals surface area contributed by atoms with E-state index in [4.69, 9.17) is 0 Å². The Hall–Kier alpha value is -0.470. The number of nitrogens with zero attached hydrogens (tertiary/aromatic N) is 1. The second kappa shape index (κ2) is 7.69. The van der Waals surface area contributed by atoms with Gasteiger partial charge in [-0.15, -0.1) is 11.3 Å². The molecule has 1 aromatic rings. The van der Waals surface area contributed by atoms with E-state index >= 15 is 0 Å². The zero-order chi connectivity index (χ0) is 15.3. The maximum Gasteiger partial charge on any atom is 0.250 e. The number of hydrogen-bond donors (Lipinski definition) is 2. The average molecular weight is 332 g/mol. The van der Waals surface area contributed by atoms with Gasteiger partial charge in [0.15, 0.2) is 0 Å². The third kappa shape index (κ3) is 5.03. The predicted molar refractivity (Wildman–Crippen MR) is 87.4 cm³/mol. The van der Waals surface area contributed by atoms with Crippen LogP contribution >= 0.6 is 11.3 Å². The highest BCUT2D eigenvalue weighted by atomic mass is 32.2. The minimum absolute atomic E-state index is 0.0387. The van der Waals surface area contributed by atoms with E-state index in [9.17, 15) is 8.42 Å². The van der Waals surface area contributed by atoms with Crippen LogP contribution in [0.4, 0.5) is 0 Å². The molecule has 21 heavy (non-hydrogen) atoms. The fraction of sp³-hybridized carbons (Fsp3) is 0.714. The van der Waals surface area contributed by atoms with Crippen molar-refractivity contribution in [3.63, 3.8) is 0 Å². The zero-order valence-electron chi connectivity index (χ0n) is 12.8. The second-order valence-electron chi connectivity index (χ2n) is 5.59. The summed E-state index contributed by atoms with van der Waals surface area (Å²) in [5.74, 6) is 0. The van der Waals surface area contributed by atoms with Crippen LogP contribution in [0.2, 0.25) is 0 Å². The van der Waals surface area contributed by atoms with Gasteiger partial charge in [-0.2, -0.15) is 0 Å². The molecule has 1 saturated heterocycles. The Morgan fingerprint density at radius 3 is 2.86 bits per heavy atom. The third-order valence-corrected chi connectivity index (χ3v) is 6.75. The molecule has 1 aliphatic heterocycles. The maximum atomic E-state index is 12.3. The summed E-state index contributed by atoms with van der Waals surface area (Å²) in [6.45, 7) is 5.78. The quantitative estimate of drug-likeness (QED) is 0.704. The largest absolute Gasteiger partial charge is 0.316 e. The SMILES string of the molecule is CCCNCCc1ccc(S(=O)(=O)NC2CCN(C)C2)s1. The first-order valence-corrected chi connectivity index (χ1v) is 9.81. The first kappa shape index (κ1) is 16.9. The van der Waals surface area contributed by atoms with E-state index in [2.05, 4.69) is 21.9 Å². The lowest BCUT2D eigenvalue weighted by Gasteiger charge is -2.12. The van der Waals surface area contributed by atoms with Gasteiger partial charge in [0, 0.05) is 17.5 Å². The van der Waals surface area contributed by atoms with Crippen LogP contribution in [-0.4, -0.2) is 52.6 Å². The predicted octanol–water partition coefficient (Wildman–Crippen LogP) is 1.27. The van der Waals surface area contributed by atoms with Crippen LogP contribution in [0, 0.1) is 0 Å². The summed E-state index contributed by atoms with van der Waals surface area (Å²) >= 11 is 1.38. The topological polar surface area (TPSA) is 61.4 Å². The first-order valence-electron chi connectivity index (χ1n) is 7.51. The first-order chi connectivity index (χ1) is 10.0. The van der Waals surface area contributed by atoms with Crippen LogP contribution in [0.15, 0.2) is 16.3 Å². The molecular formula is C14H25N3O2S2. The van der Waals surface area contributed by atoms with Gasteiger partial charge in [0.05, 0.1) is 0 Å². The number of nitrogens with one attached hydrogen (secondary N) is 2. The highest BCUT2D eigenvalue weighted by Gasteiger charge is 2.26. The van der Waals surface area contributed by atoms with Crippen molar-refractivity contribution in [3.05, 3.63) is 17.0 Å². The van der Waals surface area contributed by atoms with Crippen molar-refractivity contribution in [1.82, 2.24) is 14.9 Å². The molecule has 2 rings (SSSR count). The molecule has 7 heteroatoms. The van der Waals surface area contributed by atoms with E-state index in [1.54, 1.807) is 6.07 Å². The van der Waals surface area contributed by atoms with E-state index in [1.165, 1.54) is 11.3 Å². The summed E-state index contributed by atoms with van der Waals surface area (Å²) in [4.78, 5) is 3.26. The van der Waals surface area contributed by atoms with Crippen molar-refractivity contribution in [2.45, 2.75) is 36.4 Å². The Morgan fingerprint density at radius 1 is 1.38 bits per heavy atom. The lowest BCUT2D eigenvalue weighted by atomic mass is 10.3. The molecule has 5 nitrogen and oxygen atoms in total. The molecule has 0 saturated carbocycles. The normalized spacial score (nSPS) is 20.2. The van der Waals surface area contributed by atoms with Crippen molar-refractivity contribution < 1.29 is 8.42 Å². The Labute approximate surface area is 131 Å². The molecule has 1 unspecified atom stereocenters. The Kier molecular flexibility index (Phi) is 6.19. The lowest BCUT2D eigenvalue weighted by Crippen LogP contribution is -2.36. The van der Waals surface area contributed by atoms with Gasteiger partial charge in [0.1, 0.15) is 4.21 Å². The van der Waals surface area contributed by atoms with Gasteiger partial charge in [-0.1, -0.05) is 6.92 Å². The van der Waals surface area contributed by atoms with Gasteiger partial charge in [-0.25, -0.2) is 13.1 Å². The molecule has 2 heterocycles. The Bertz CT molecular complexity index is 542. The zero-order valence-corrected chi connectivity index (χ0v) is 14.4. The van der Waals surface area contributed by atoms with Crippen molar-refractivity contribution >= 4 is 21.4 Å². The molecule has 120 valence electrons. The highest BCUT2D eigenvalue weighted by Crippen LogP contribution is 2.22. The van der Waals surface area contributed by atoms with Crippen LogP contribution < -0.4 is 10.0 Å². The standard InChI is InChI=1S/C14H25N3O2S2/c1-3-8-15-9-6-13-4-5-14(20-13)21(18,19)16-12-7-10-17(2)11-12/h4-5,12,15-16H,3,6-11H2,1-2H3. The van der Waals surface area contributed by atoms with Crippen molar-refractivity contribution in [3.8, 4) is 0 Å². The lowest BCUT2D eigenvalue weighted by molar-refractivity contribution is 0.407. The van der Waals surface area contributed by atoms with Gasteiger partial charge in [0.25, 0.3) is 0 Å². The molecule has 0 radical (unpaired) electrons. The summed E-state index contributed by atoms with van der Waals surface area (Å²) in [6, 6.07) is 3.69. The summed E-state index contributed by atoms with van der Waals surface area (Å²) in [5.41, 5.74) is 0. The van der Waals surface area contributed by atoms with Gasteiger partial charge < -0.3 is 10.2 Å². The molecule has 0 spiro atoms. The Balaban J connectivity index is 1.89. The third-order valence-electron chi connectivity index (χ3n) is 3.59. The molecule has 2 N–H and O–H groups in total. The molecule has 1 aliphatic rings. The van der Waals surface area contributed by atoms with Gasteiger partial charge in [-0.3, -0.25) is 0 Å². The summed E-state index contributed by atoms with van der Waals surface area (Å²) in [5, 5.41) is 3.33. The van der Waals surface area contributed by atoms with E-state index in [1.807, 2.05) is 13.1 Å². The number of thiophene rings is 1. The van der Waals surface area contributed by atoms with Gasteiger partial charge >= 0.3 is 0 Å². The number of hydrogen-bond acceptors (Lipinski definition) is 5. The minimum atomic E-state index is -3.36. The molecule has 1 atom stereocenters. The molecule has 0 aromatic carbocycles. The second-order valence-corrected chi connectivity index (χ2v) is 8.70. The number of rotatable bonds is 8. The summed E-state index contributed by atoms with van der Waals surface area (Å²) < 4.78 is 27.9. The molecule has 1 aromatic heterocycles. The molecular weight excluding hydrogens is 306 g/mol. The fourth-order valence-electron chi connectivity index (χ4n) is 2.46. The van der Waals surface area contributed by atoms with Crippen LogP contribution in [-0.2, 0) is 16.4 Å². The Morgan fingerprint density at radius 2 is 2.19 bits per heavy atom. The van der Waals surface area contributed by atoms with Crippen LogP contribution in [0.3, 0.4) is 0 Å². The van der Waals surface area contributed by atoms with Crippen molar-refractivity contribution in [2.24, 2.45) is 0 Å². The number of sulfonamides is 1. The average Bonchev–Trinajstić information content (AvgIpc) is 3.04. The van der Waals surface area contributed by atoms with Gasteiger partial charge in [-0.05, 0) is 58.1 Å². The number of likely N-dealkylation sites (tertiary alicyclic amines) is 1. The van der Waals surface area contributed by atoms with Crippen LogP contribution in [0.5, 0.6) is 0 Å². The molecule has 0 amide bonds. The van der Waals surface area contributed by atoms with Crippen LogP contribution in [0.1, 0.15) is 24.6 Å². The molecule has 0 bridgehead atoms. The summed E-state index contributed by atoms with van der Waals surface area (Å²) in [7, 11) is -1.35. The van der Waals surface area contributed by atoms with E-state index in [0.717, 1.165) is 50.3 Å². The minimum Gasteiger partial charge on any atom is -0.316 e. The molecule has 0 aliphatic carbocycles. The van der Waals surface area contributed by atoms with Crippen molar-refractivity contribution in [1.29, 1.82) is 0 Å². The smallest absolute Gasteiger partial charge is 0.250 e. The monoisotopic (exact) mass is 331 g/mol. The molecule has 1 fully saturated rings. The highest BCUT2D eigenvalue weighted by molar-refractivity contribution is 7.91. The van der Waals surface area contributed by atoms with E-state index in [-0.39, 0.29) is 6.04 Å². The van der Waals surface area contributed by atoms with E-state index < -0.39 is 10.0 Å². The number of likely N-dealkylation sites (N-methyl/N-ethyl adjacent to an activating group) is 1. The van der Waals surface area contributed by atoms with Crippen molar-refractivity contribution in [2.75, 3.05) is 33.2 Å². The maximum absolute atomic E-state index is 12.3. The fourth-order valence-corrected chi connectivity index (χ4v) is 5.09. The van der Waals surface area contributed by atoms with Crippen LogP contribution in [0.25, 0.3) is 0 Å². The van der Waals surface area contributed by atoms with Gasteiger partial charge in [0.2, 0.25) is 10.0 Å². The van der Waals surface area contributed by atoms with E-state index in [0.29, 0.717) is 4.21 Å².